The Morgan fingerprint density at radius 3 is 2.69 bits per heavy atom. The molecule has 1 fully saturated rings. The number of benzene rings is 1. The second-order valence-electron chi connectivity index (χ2n) is 4.90. The molecule has 0 bridgehead atoms. The number of aliphatic hydroxyl groups is 2. The number of aliphatic hydroxyl groups excluding tert-OH is 2. The van der Waals surface area contributed by atoms with Crippen LogP contribution in [0.1, 0.15) is 29.9 Å². The minimum atomic E-state index is -0.575. The van der Waals surface area contributed by atoms with Crippen LogP contribution in [0.15, 0.2) is 24.3 Å². The van der Waals surface area contributed by atoms with Crippen LogP contribution in [0.4, 0.5) is 0 Å². The molecule has 1 saturated carbocycles. The molecule has 0 saturated heterocycles. The van der Waals surface area contributed by atoms with Gasteiger partial charge < -0.3 is 15.5 Å². The fourth-order valence-corrected chi connectivity index (χ4v) is 3.03. The molecular weight excluding hydrogens is 202 g/mol. The lowest BCUT2D eigenvalue weighted by Gasteiger charge is -2.41. The molecule has 3 rings (SSSR count). The first kappa shape index (κ1) is 10.3. The van der Waals surface area contributed by atoms with E-state index in [1.807, 2.05) is 0 Å². The van der Waals surface area contributed by atoms with Gasteiger partial charge in [-0.25, -0.2) is 0 Å². The Hall–Kier alpha value is -0.900. The summed E-state index contributed by atoms with van der Waals surface area (Å²) in [5, 5.41) is 22.9. The molecule has 3 heteroatoms. The predicted octanol–water partition coefficient (Wildman–Crippen LogP) is 0.758. The molecule has 1 aliphatic carbocycles. The Morgan fingerprint density at radius 1 is 1.06 bits per heavy atom. The van der Waals surface area contributed by atoms with Crippen molar-refractivity contribution in [3.63, 3.8) is 0 Å². The quantitative estimate of drug-likeness (QED) is 0.604. The van der Waals surface area contributed by atoms with Crippen molar-refractivity contribution < 1.29 is 10.2 Å². The van der Waals surface area contributed by atoms with E-state index in [4.69, 9.17) is 0 Å². The largest absolute Gasteiger partial charge is 0.390 e. The van der Waals surface area contributed by atoms with Crippen molar-refractivity contribution in [1.29, 1.82) is 0 Å². The Morgan fingerprint density at radius 2 is 1.81 bits per heavy atom. The van der Waals surface area contributed by atoms with E-state index in [2.05, 4.69) is 29.6 Å². The molecule has 0 aromatic heterocycles. The van der Waals surface area contributed by atoms with Gasteiger partial charge in [-0.1, -0.05) is 24.3 Å². The van der Waals surface area contributed by atoms with Gasteiger partial charge in [0.1, 0.15) is 0 Å². The number of hydrogen-bond donors (Lipinski definition) is 3. The first-order chi connectivity index (χ1) is 7.75. The summed E-state index contributed by atoms with van der Waals surface area (Å²) in [4.78, 5) is 0. The number of nitrogens with one attached hydrogen (secondary N) is 1. The van der Waals surface area contributed by atoms with Gasteiger partial charge in [-0.15, -0.1) is 0 Å². The van der Waals surface area contributed by atoms with Crippen molar-refractivity contribution in [2.24, 2.45) is 0 Å². The van der Waals surface area contributed by atoms with Crippen LogP contribution in [-0.4, -0.2) is 28.5 Å². The summed E-state index contributed by atoms with van der Waals surface area (Å²) in [6.07, 6.45) is 0.170. The Bertz CT molecular complexity index is 393. The van der Waals surface area contributed by atoms with Gasteiger partial charge in [0.05, 0.1) is 12.2 Å². The van der Waals surface area contributed by atoms with Crippen LogP contribution in [0.2, 0.25) is 0 Å². The highest BCUT2D eigenvalue weighted by Crippen LogP contribution is 2.37. The standard InChI is InChI=1S/C13H17NO2/c15-12-5-10-9-4-2-1-3-8(9)7-14-11(10)6-13(12)16/h1-4,10-16H,5-7H2/t10-,11-,12+,13-/m0/s1. The molecule has 0 unspecified atom stereocenters. The molecule has 0 radical (unpaired) electrons. The summed E-state index contributed by atoms with van der Waals surface area (Å²) in [5.74, 6) is 0.350. The first-order valence-electron chi connectivity index (χ1n) is 5.93. The van der Waals surface area contributed by atoms with Gasteiger partial charge in [-0.3, -0.25) is 0 Å². The van der Waals surface area contributed by atoms with E-state index in [9.17, 15) is 10.2 Å². The van der Waals surface area contributed by atoms with Crippen LogP contribution in [-0.2, 0) is 6.54 Å². The zero-order valence-corrected chi connectivity index (χ0v) is 9.13. The molecular formula is C13H17NO2. The first-order valence-corrected chi connectivity index (χ1v) is 5.93. The van der Waals surface area contributed by atoms with Gasteiger partial charge in [-0.2, -0.15) is 0 Å². The van der Waals surface area contributed by atoms with E-state index in [0.717, 1.165) is 6.54 Å². The molecule has 0 amide bonds. The summed E-state index contributed by atoms with van der Waals surface area (Å²) in [7, 11) is 0. The van der Waals surface area contributed by atoms with E-state index in [0.29, 0.717) is 24.8 Å². The fourth-order valence-electron chi connectivity index (χ4n) is 3.03. The van der Waals surface area contributed by atoms with Gasteiger partial charge in [0.15, 0.2) is 0 Å². The highest BCUT2D eigenvalue weighted by atomic mass is 16.3. The molecule has 1 heterocycles. The lowest BCUT2D eigenvalue weighted by Crippen LogP contribution is -2.49. The van der Waals surface area contributed by atoms with Crippen molar-refractivity contribution in [2.45, 2.75) is 43.6 Å². The number of hydrogen-bond acceptors (Lipinski definition) is 3. The molecule has 1 aromatic rings. The van der Waals surface area contributed by atoms with Crippen LogP contribution in [0, 0.1) is 0 Å². The molecule has 3 N–H and O–H groups in total. The molecule has 0 spiro atoms. The SMILES string of the molecule is O[C@@H]1C[C@H]2c3ccccc3CN[C@H]2C[C@@H]1O. The molecule has 1 aliphatic heterocycles. The third kappa shape index (κ3) is 1.56. The van der Waals surface area contributed by atoms with Crippen LogP contribution < -0.4 is 5.32 Å². The molecule has 3 nitrogen and oxygen atoms in total. The van der Waals surface area contributed by atoms with E-state index >= 15 is 0 Å². The smallest absolute Gasteiger partial charge is 0.0814 e. The van der Waals surface area contributed by atoms with Gasteiger partial charge in [-0.05, 0) is 24.0 Å². The third-order valence-corrected chi connectivity index (χ3v) is 3.93. The summed E-state index contributed by atoms with van der Waals surface area (Å²) in [6, 6.07) is 8.70. The average Bonchev–Trinajstić information content (AvgIpc) is 2.31. The van der Waals surface area contributed by atoms with Crippen molar-refractivity contribution in [1.82, 2.24) is 5.32 Å². The van der Waals surface area contributed by atoms with Crippen LogP contribution in [0.3, 0.4) is 0 Å². The van der Waals surface area contributed by atoms with Crippen molar-refractivity contribution in [3.05, 3.63) is 35.4 Å². The third-order valence-electron chi connectivity index (χ3n) is 3.93. The molecule has 86 valence electrons. The van der Waals surface area contributed by atoms with Crippen LogP contribution in [0.5, 0.6) is 0 Å². The molecule has 1 aromatic carbocycles. The zero-order chi connectivity index (χ0) is 11.1. The minimum absolute atomic E-state index is 0.313. The minimum Gasteiger partial charge on any atom is -0.390 e. The summed E-state index contributed by atoms with van der Waals surface area (Å²) in [5.41, 5.74) is 2.67. The number of fused-ring (bicyclic) bond motifs is 3. The molecule has 4 atom stereocenters. The lowest BCUT2D eigenvalue weighted by molar-refractivity contribution is -0.0273. The van der Waals surface area contributed by atoms with Crippen molar-refractivity contribution >= 4 is 0 Å². The van der Waals surface area contributed by atoms with Gasteiger partial charge in [0.2, 0.25) is 0 Å². The van der Waals surface area contributed by atoms with Crippen LogP contribution in [0.25, 0.3) is 0 Å². The maximum Gasteiger partial charge on any atom is 0.0814 e. The topological polar surface area (TPSA) is 52.5 Å². The van der Waals surface area contributed by atoms with E-state index in [-0.39, 0.29) is 0 Å². The summed E-state index contributed by atoms with van der Waals surface area (Å²) >= 11 is 0. The van der Waals surface area contributed by atoms with Crippen molar-refractivity contribution in [2.75, 3.05) is 0 Å². The van der Waals surface area contributed by atoms with E-state index in [1.165, 1.54) is 11.1 Å². The Balaban J connectivity index is 1.94. The fraction of sp³-hybridized carbons (Fsp3) is 0.538. The van der Waals surface area contributed by atoms with Crippen molar-refractivity contribution in [3.8, 4) is 0 Å². The normalized spacial score (nSPS) is 37.6. The lowest BCUT2D eigenvalue weighted by atomic mass is 9.74. The average molecular weight is 219 g/mol. The molecule has 16 heavy (non-hydrogen) atoms. The second kappa shape index (κ2) is 3.84. The zero-order valence-electron chi connectivity index (χ0n) is 9.13. The number of rotatable bonds is 0. The highest BCUT2D eigenvalue weighted by molar-refractivity contribution is 5.34. The Kier molecular flexibility index (Phi) is 2.46. The summed E-state index contributed by atoms with van der Waals surface area (Å²) < 4.78 is 0. The van der Waals surface area contributed by atoms with E-state index < -0.39 is 12.2 Å². The highest BCUT2D eigenvalue weighted by Gasteiger charge is 2.38. The monoisotopic (exact) mass is 219 g/mol. The van der Waals surface area contributed by atoms with Gasteiger partial charge in [0.25, 0.3) is 0 Å². The van der Waals surface area contributed by atoms with E-state index in [1.54, 1.807) is 0 Å². The maximum absolute atomic E-state index is 9.76. The van der Waals surface area contributed by atoms with Gasteiger partial charge in [0, 0.05) is 18.5 Å². The van der Waals surface area contributed by atoms with Crippen LogP contribution >= 0.6 is 0 Å². The maximum atomic E-state index is 9.76. The Labute approximate surface area is 95.1 Å². The summed E-state index contributed by atoms with van der Waals surface area (Å²) in [6.45, 7) is 0.875. The molecule has 2 aliphatic rings. The predicted molar refractivity (Wildman–Crippen MR) is 61.1 cm³/mol. The second-order valence-corrected chi connectivity index (χ2v) is 4.90. The van der Waals surface area contributed by atoms with Gasteiger partial charge >= 0.3 is 0 Å².